The maximum absolute atomic E-state index is 14.1. The van der Waals surface area contributed by atoms with Gasteiger partial charge in [-0.25, -0.2) is 0 Å². The second kappa shape index (κ2) is 19.8. The number of ether oxygens (including phenoxy) is 2. The van der Waals surface area contributed by atoms with Crippen LogP contribution < -0.4 is 16.0 Å². The van der Waals surface area contributed by atoms with Crippen LogP contribution in [-0.2, 0) is 46.3 Å². The third kappa shape index (κ3) is 13.2. The van der Waals surface area contributed by atoms with Crippen LogP contribution in [0.5, 0.6) is 0 Å². The van der Waals surface area contributed by atoms with E-state index in [9.17, 15) is 24.0 Å². The van der Waals surface area contributed by atoms with Gasteiger partial charge in [-0.1, -0.05) is 88.4 Å². The zero-order valence-electron chi connectivity index (χ0n) is 31.5. The molecule has 11 heteroatoms. The molecule has 2 aromatic rings. The highest BCUT2D eigenvalue weighted by atomic mass is 16.6. The lowest BCUT2D eigenvalue weighted by molar-refractivity contribution is -0.135. The lowest BCUT2D eigenvalue weighted by Gasteiger charge is -2.28. The van der Waals surface area contributed by atoms with Crippen LogP contribution in [-0.4, -0.2) is 97.4 Å². The monoisotopic (exact) mass is 718 g/mol. The molecule has 284 valence electrons. The Bertz CT molecular complexity index is 1470. The number of morpholine rings is 1. The maximum Gasteiger partial charge on any atom is 0.243 e. The Balaban J connectivity index is 1.51. The molecule has 0 spiro atoms. The molecule has 0 aliphatic carbocycles. The summed E-state index contributed by atoms with van der Waals surface area (Å²) < 4.78 is 10.8. The molecule has 0 radical (unpaired) electrons. The first-order chi connectivity index (χ1) is 24.8. The summed E-state index contributed by atoms with van der Waals surface area (Å²) in [5, 5.41) is 8.88. The lowest BCUT2D eigenvalue weighted by atomic mass is 9.88. The van der Waals surface area contributed by atoms with Crippen LogP contribution in [0.3, 0.4) is 0 Å². The number of aryl methyl sites for hydroxylation is 1. The Morgan fingerprint density at radius 3 is 1.90 bits per heavy atom. The zero-order chi connectivity index (χ0) is 37.7. The lowest BCUT2D eigenvalue weighted by Crippen LogP contribution is -2.55. The minimum Gasteiger partial charge on any atom is -0.379 e. The molecular weight excluding hydrogens is 660 g/mol. The largest absolute Gasteiger partial charge is 0.379 e. The van der Waals surface area contributed by atoms with Crippen molar-refractivity contribution in [2.45, 2.75) is 96.9 Å². The molecule has 0 unspecified atom stereocenters. The predicted octanol–water partition coefficient (Wildman–Crippen LogP) is 3.67. The second-order valence-corrected chi connectivity index (χ2v) is 15.4. The highest BCUT2D eigenvalue weighted by Crippen LogP contribution is 2.30. The van der Waals surface area contributed by atoms with Gasteiger partial charge in [-0.15, -0.1) is 0 Å². The molecule has 2 aliphatic heterocycles. The fourth-order valence-electron chi connectivity index (χ4n) is 6.65. The van der Waals surface area contributed by atoms with E-state index in [1.807, 2.05) is 93.3 Å². The summed E-state index contributed by atoms with van der Waals surface area (Å²) in [6.45, 7) is 12.5. The van der Waals surface area contributed by atoms with Gasteiger partial charge >= 0.3 is 0 Å². The summed E-state index contributed by atoms with van der Waals surface area (Å²) in [4.78, 5) is 70.7. The van der Waals surface area contributed by atoms with Gasteiger partial charge in [0.25, 0.3) is 0 Å². The van der Waals surface area contributed by atoms with E-state index >= 15 is 0 Å². The number of ketones is 2. The van der Waals surface area contributed by atoms with Gasteiger partial charge in [0.1, 0.15) is 11.6 Å². The molecule has 0 bridgehead atoms. The zero-order valence-corrected chi connectivity index (χ0v) is 31.5. The fraction of sp³-hybridized carbons (Fsp3) is 0.585. The molecule has 2 aromatic carbocycles. The smallest absolute Gasteiger partial charge is 0.243 e. The highest BCUT2D eigenvalue weighted by Gasteiger charge is 2.50. The van der Waals surface area contributed by atoms with E-state index in [1.165, 1.54) is 0 Å². The van der Waals surface area contributed by atoms with Crippen molar-refractivity contribution in [1.29, 1.82) is 0 Å². The fourth-order valence-corrected chi connectivity index (χ4v) is 6.65. The van der Waals surface area contributed by atoms with E-state index in [1.54, 1.807) is 6.92 Å². The van der Waals surface area contributed by atoms with Crippen LogP contribution in [0, 0.1) is 17.8 Å². The van der Waals surface area contributed by atoms with Crippen LogP contribution in [0.25, 0.3) is 0 Å². The van der Waals surface area contributed by atoms with Crippen molar-refractivity contribution in [2.75, 3.05) is 39.5 Å². The van der Waals surface area contributed by atoms with E-state index in [0.717, 1.165) is 11.1 Å². The quantitative estimate of drug-likeness (QED) is 0.166. The second-order valence-electron chi connectivity index (χ2n) is 15.4. The molecule has 2 saturated heterocycles. The summed E-state index contributed by atoms with van der Waals surface area (Å²) in [6.07, 6.45) is 1.92. The molecule has 2 heterocycles. The number of rotatable bonds is 21. The van der Waals surface area contributed by atoms with Crippen molar-refractivity contribution in [3.63, 3.8) is 0 Å². The Morgan fingerprint density at radius 1 is 0.750 bits per heavy atom. The number of hydrogen-bond donors (Lipinski definition) is 3. The van der Waals surface area contributed by atoms with Crippen molar-refractivity contribution in [3.05, 3.63) is 71.8 Å². The summed E-state index contributed by atoms with van der Waals surface area (Å²) >= 11 is 0. The maximum atomic E-state index is 14.1. The van der Waals surface area contributed by atoms with Gasteiger partial charge in [-0.05, 0) is 55.6 Å². The molecule has 11 nitrogen and oxygen atoms in total. The topological polar surface area (TPSA) is 146 Å². The van der Waals surface area contributed by atoms with Crippen LogP contribution in [0.2, 0.25) is 0 Å². The van der Waals surface area contributed by atoms with Crippen molar-refractivity contribution in [2.24, 2.45) is 17.8 Å². The van der Waals surface area contributed by atoms with Gasteiger partial charge in [0, 0.05) is 31.8 Å². The molecular formula is C41H58N4O7. The first-order valence-electron chi connectivity index (χ1n) is 18.8. The SMILES string of the molecule is CC(C)C[C@H](CC(=O)[C@H](CCc1ccccc1)NC(=O)CN1CCOCC1)C(=O)N[C@@H](Cc1ccccc1)C(=O)N[C@@H](CC(C)C)C(=O)[C@@]1(C)CO1. The van der Waals surface area contributed by atoms with Crippen LogP contribution >= 0.6 is 0 Å². The van der Waals surface area contributed by atoms with E-state index in [-0.39, 0.29) is 48.7 Å². The first kappa shape index (κ1) is 40.8. The van der Waals surface area contributed by atoms with Gasteiger partial charge < -0.3 is 25.4 Å². The minimum atomic E-state index is -0.989. The van der Waals surface area contributed by atoms with Crippen LogP contribution in [0.4, 0.5) is 0 Å². The van der Waals surface area contributed by atoms with E-state index < -0.39 is 41.5 Å². The molecule has 2 fully saturated rings. The summed E-state index contributed by atoms with van der Waals surface area (Å²) in [6, 6.07) is 16.6. The predicted molar refractivity (Wildman–Crippen MR) is 199 cm³/mol. The third-order valence-electron chi connectivity index (χ3n) is 9.69. The van der Waals surface area contributed by atoms with Gasteiger partial charge in [-0.3, -0.25) is 28.9 Å². The number of nitrogens with one attached hydrogen (secondary N) is 3. The number of epoxide rings is 1. The van der Waals surface area contributed by atoms with Gasteiger partial charge in [0.15, 0.2) is 11.6 Å². The Labute approximate surface area is 309 Å². The Hall–Kier alpha value is -3.93. The number of nitrogens with zero attached hydrogens (tertiary/aromatic N) is 1. The van der Waals surface area contributed by atoms with Crippen LogP contribution in [0.1, 0.15) is 71.4 Å². The molecule has 3 N–H and O–H groups in total. The summed E-state index contributed by atoms with van der Waals surface area (Å²) in [5.41, 5.74) is 0.973. The summed E-state index contributed by atoms with van der Waals surface area (Å²) in [7, 11) is 0. The Kier molecular flexibility index (Phi) is 15.5. The molecule has 4 rings (SSSR count). The van der Waals surface area contributed by atoms with E-state index in [2.05, 4.69) is 16.0 Å². The van der Waals surface area contributed by atoms with Crippen molar-refractivity contribution < 1.29 is 33.4 Å². The standard InChI is InChI=1S/C41H58N4O7/c1-28(2)22-32(25-36(46)33(17-16-30-12-8-6-9-13-30)42-37(47)26-45-18-20-51-21-19-45)39(49)44-35(24-31-14-10-7-11-15-31)40(50)43-34(23-29(3)4)38(48)41(5)27-52-41/h6-15,28-29,32-35H,16-27H2,1-5H3,(H,42,47)(H,43,50)(H,44,49)/t32-,33+,34+,35+,41-/m1/s1. The van der Waals surface area contributed by atoms with Crippen LogP contribution in [0.15, 0.2) is 60.7 Å². The number of Topliss-reactive ketones (excluding diaryl/α,β-unsaturated/α-hetero) is 2. The van der Waals surface area contributed by atoms with E-state index in [0.29, 0.717) is 58.6 Å². The number of amides is 3. The van der Waals surface area contributed by atoms with Gasteiger partial charge in [-0.2, -0.15) is 0 Å². The highest BCUT2D eigenvalue weighted by molar-refractivity contribution is 5.98. The molecule has 0 saturated carbocycles. The first-order valence-corrected chi connectivity index (χ1v) is 18.8. The third-order valence-corrected chi connectivity index (χ3v) is 9.69. The average Bonchev–Trinajstić information content (AvgIpc) is 3.87. The number of carbonyl (C=O) groups excluding carboxylic acids is 5. The molecule has 5 atom stereocenters. The van der Waals surface area contributed by atoms with E-state index in [4.69, 9.17) is 9.47 Å². The number of benzene rings is 2. The van der Waals surface area contributed by atoms with Crippen molar-refractivity contribution in [3.8, 4) is 0 Å². The summed E-state index contributed by atoms with van der Waals surface area (Å²) in [5.74, 6) is -2.05. The molecule has 2 aliphatic rings. The van der Waals surface area contributed by atoms with Gasteiger partial charge in [0.05, 0.1) is 38.4 Å². The van der Waals surface area contributed by atoms with Crippen molar-refractivity contribution >= 4 is 29.3 Å². The number of carbonyl (C=O) groups is 5. The molecule has 3 amide bonds. The minimum absolute atomic E-state index is 0.0796. The molecule has 52 heavy (non-hydrogen) atoms. The average molecular weight is 719 g/mol. The van der Waals surface area contributed by atoms with Crippen molar-refractivity contribution in [1.82, 2.24) is 20.9 Å². The molecule has 0 aromatic heterocycles. The Morgan fingerprint density at radius 2 is 1.33 bits per heavy atom. The van der Waals surface area contributed by atoms with Gasteiger partial charge in [0.2, 0.25) is 17.7 Å². The number of hydrogen-bond acceptors (Lipinski definition) is 8. The normalized spacial score (nSPS) is 19.7.